The van der Waals surface area contributed by atoms with Crippen LogP contribution in [0.25, 0.3) is 0 Å². The molecule has 0 saturated carbocycles. The van der Waals surface area contributed by atoms with Gasteiger partial charge in [-0.2, -0.15) is 5.10 Å². The molecule has 10 nitrogen and oxygen atoms in total. The Bertz CT molecular complexity index is 1520. The summed E-state index contributed by atoms with van der Waals surface area (Å²) in [6.45, 7) is 4.92. The maximum atomic E-state index is 13.2. The second-order valence-corrected chi connectivity index (χ2v) is 10.9. The fourth-order valence-electron chi connectivity index (χ4n) is 5.33. The maximum absolute atomic E-state index is 13.2. The highest BCUT2D eigenvalue weighted by Gasteiger charge is 2.40. The summed E-state index contributed by atoms with van der Waals surface area (Å²) in [5.41, 5.74) is 4.37. The number of carbonyl (C=O) groups is 4. The standard InChI is InChI=1S/C30H28N6O4/c1-30(2)15-25(33-36(28(30)39)14-13-35-26(37)23-5-3-4-6-24(23)27(35)38)19-7-9-22(10-8-19)32-29(40)34-17-20-11-12-31-16-21(20)18-34/h3-12,16H,13-15,17-18H2,1-2H3,(H,32,40). The molecule has 3 aliphatic heterocycles. The number of imide groups is 1. The molecule has 40 heavy (non-hydrogen) atoms. The lowest BCUT2D eigenvalue weighted by atomic mass is 9.83. The van der Waals surface area contributed by atoms with Gasteiger partial charge in [0.05, 0.1) is 28.8 Å². The average Bonchev–Trinajstić information content (AvgIpc) is 3.49. The van der Waals surface area contributed by atoms with Crippen LogP contribution in [0.4, 0.5) is 10.5 Å². The Morgan fingerprint density at radius 2 is 1.57 bits per heavy atom. The van der Waals surface area contributed by atoms with Gasteiger partial charge in [-0.15, -0.1) is 0 Å². The van der Waals surface area contributed by atoms with Crippen molar-refractivity contribution in [1.29, 1.82) is 0 Å². The number of fused-ring (bicyclic) bond motifs is 2. The third-order valence-corrected chi connectivity index (χ3v) is 7.56. The molecule has 1 N–H and O–H groups in total. The van der Waals surface area contributed by atoms with Gasteiger partial charge >= 0.3 is 6.03 Å². The van der Waals surface area contributed by atoms with Crippen LogP contribution < -0.4 is 5.32 Å². The van der Waals surface area contributed by atoms with Gasteiger partial charge in [0.25, 0.3) is 11.8 Å². The van der Waals surface area contributed by atoms with Crippen LogP contribution in [0.15, 0.2) is 72.1 Å². The van der Waals surface area contributed by atoms with E-state index >= 15 is 0 Å². The first kappa shape index (κ1) is 25.4. The zero-order valence-corrected chi connectivity index (χ0v) is 22.3. The molecule has 0 aliphatic carbocycles. The molecule has 10 heteroatoms. The normalized spacial score (nSPS) is 17.6. The van der Waals surface area contributed by atoms with Gasteiger partial charge in [-0.3, -0.25) is 24.3 Å². The number of hydrazone groups is 1. The van der Waals surface area contributed by atoms with Crippen LogP contribution in [-0.2, 0) is 17.9 Å². The first-order chi connectivity index (χ1) is 19.2. The van der Waals surface area contributed by atoms with Crippen molar-refractivity contribution in [2.24, 2.45) is 10.5 Å². The summed E-state index contributed by atoms with van der Waals surface area (Å²) in [6, 6.07) is 15.8. The van der Waals surface area contributed by atoms with Gasteiger partial charge in [0, 0.05) is 44.1 Å². The molecule has 3 aromatic rings. The third-order valence-electron chi connectivity index (χ3n) is 7.56. The van der Waals surface area contributed by atoms with Gasteiger partial charge in [0.15, 0.2) is 0 Å². The zero-order chi connectivity index (χ0) is 28.0. The van der Waals surface area contributed by atoms with E-state index in [0.717, 1.165) is 16.7 Å². The Labute approximate surface area is 231 Å². The number of benzene rings is 2. The lowest BCUT2D eigenvalue weighted by molar-refractivity contribution is -0.141. The van der Waals surface area contributed by atoms with E-state index in [0.29, 0.717) is 42.0 Å². The topological polar surface area (TPSA) is 115 Å². The predicted octanol–water partition coefficient (Wildman–Crippen LogP) is 3.89. The molecule has 0 saturated heterocycles. The van der Waals surface area contributed by atoms with Crippen LogP contribution in [0.5, 0.6) is 0 Å². The Balaban J connectivity index is 1.14. The Hall–Kier alpha value is -4.86. The van der Waals surface area contributed by atoms with E-state index in [1.54, 1.807) is 41.6 Å². The molecule has 3 aliphatic rings. The van der Waals surface area contributed by atoms with Crippen molar-refractivity contribution in [2.45, 2.75) is 33.4 Å². The summed E-state index contributed by atoms with van der Waals surface area (Å²) in [6.07, 6.45) is 3.95. The fraction of sp³-hybridized carbons (Fsp3) is 0.267. The fourth-order valence-corrected chi connectivity index (χ4v) is 5.33. The van der Waals surface area contributed by atoms with Crippen LogP contribution in [0, 0.1) is 5.41 Å². The summed E-state index contributed by atoms with van der Waals surface area (Å²) in [5.74, 6) is -0.889. The molecule has 1 aromatic heterocycles. The number of pyridine rings is 1. The minimum Gasteiger partial charge on any atom is -0.316 e. The number of aromatic nitrogens is 1. The summed E-state index contributed by atoms with van der Waals surface area (Å²) in [4.78, 5) is 58.5. The van der Waals surface area contributed by atoms with Crippen LogP contribution in [-0.4, -0.2) is 62.3 Å². The molecular weight excluding hydrogens is 508 g/mol. The van der Waals surface area contributed by atoms with Gasteiger partial charge in [-0.25, -0.2) is 9.80 Å². The number of urea groups is 1. The maximum Gasteiger partial charge on any atom is 0.322 e. The number of hydrogen-bond acceptors (Lipinski definition) is 6. The quantitative estimate of drug-likeness (QED) is 0.497. The SMILES string of the molecule is CC1(C)CC(c2ccc(NC(=O)N3Cc4ccncc4C3)cc2)=NN(CCN2C(=O)c3ccccc3C2=O)C1=O. The van der Waals surface area contributed by atoms with Crippen molar-refractivity contribution < 1.29 is 19.2 Å². The Morgan fingerprint density at radius 3 is 2.25 bits per heavy atom. The minimum atomic E-state index is -0.717. The molecule has 0 spiro atoms. The number of nitrogens with zero attached hydrogens (tertiary/aromatic N) is 5. The van der Waals surface area contributed by atoms with Gasteiger partial charge in [-0.05, 0) is 47.0 Å². The average molecular weight is 537 g/mol. The lowest BCUT2D eigenvalue weighted by Gasteiger charge is -2.35. The van der Waals surface area contributed by atoms with Gasteiger partial charge in [0.1, 0.15) is 0 Å². The zero-order valence-electron chi connectivity index (χ0n) is 22.3. The monoisotopic (exact) mass is 536 g/mol. The first-order valence-corrected chi connectivity index (χ1v) is 13.1. The highest BCUT2D eigenvalue weighted by atomic mass is 16.2. The van der Waals surface area contributed by atoms with E-state index in [9.17, 15) is 19.2 Å². The Morgan fingerprint density at radius 1 is 0.900 bits per heavy atom. The molecule has 0 fully saturated rings. The third kappa shape index (κ3) is 4.51. The van der Waals surface area contributed by atoms with Crippen LogP contribution in [0.1, 0.15) is 57.7 Å². The van der Waals surface area contributed by atoms with E-state index < -0.39 is 5.41 Å². The molecule has 0 unspecified atom stereocenters. The largest absolute Gasteiger partial charge is 0.322 e. The molecule has 0 radical (unpaired) electrons. The van der Waals surface area contributed by atoms with E-state index in [1.165, 1.54) is 9.91 Å². The number of nitrogens with one attached hydrogen (secondary N) is 1. The van der Waals surface area contributed by atoms with Gasteiger partial charge in [0.2, 0.25) is 5.91 Å². The molecule has 202 valence electrons. The summed E-state index contributed by atoms with van der Waals surface area (Å²) in [7, 11) is 0. The predicted molar refractivity (Wildman–Crippen MR) is 147 cm³/mol. The summed E-state index contributed by atoms with van der Waals surface area (Å²) in [5, 5.41) is 8.92. The van der Waals surface area contributed by atoms with Crippen molar-refractivity contribution in [1.82, 2.24) is 19.8 Å². The van der Waals surface area contributed by atoms with Crippen LogP contribution in [0.2, 0.25) is 0 Å². The van der Waals surface area contributed by atoms with E-state index in [4.69, 9.17) is 0 Å². The number of hydrogen-bond donors (Lipinski definition) is 1. The smallest absolute Gasteiger partial charge is 0.316 e. The van der Waals surface area contributed by atoms with Crippen LogP contribution >= 0.6 is 0 Å². The van der Waals surface area contributed by atoms with E-state index in [1.807, 2.05) is 44.2 Å². The number of rotatable bonds is 5. The lowest BCUT2D eigenvalue weighted by Crippen LogP contribution is -2.47. The first-order valence-electron chi connectivity index (χ1n) is 13.1. The molecule has 2 aromatic carbocycles. The highest BCUT2D eigenvalue weighted by molar-refractivity contribution is 6.21. The molecule has 0 bridgehead atoms. The summed E-state index contributed by atoms with van der Waals surface area (Å²) >= 11 is 0. The van der Waals surface area contributed by atoms with Crippen molar-refractivity contribution in [3.05, 3.63) is 94.8 Å². The molecule has 0 atom stereocenters. The molecule has 5 amide bonds. The van der Waals surface area contributed by atoms with Crippen LogP contribution in [0.3, 0.4) is 0 Å². The summed E-state index contributed by atoms with van der Waals surface area (Å²) < 4.78 is 0. The minimum absolute atomic E-state index is 0.0480. The highest BCUT2D eigenvalue weighted by Crippen LogP contribution is 2.32. The molecule has 6 rings (SSSR count). The van der Waals surface area contributed by atoms with Gasteiger partial charge < -0.3 is 10.2 Å². The van der Waals surface area contributed by atoms with Crippen molar-refractivity contribution in [3.8, 4) is 0 Å². The molecule has 4 heterocycles. The van der Waals surface area contributed by atoms with Crippen molar-refractivity contribution in [2.75, 3.05) is 18.4 Å². The molecular formula is C30H28N6O4. The van der Waals surface area contributed by atoms with E-state index in [2.05, 4.69) is 15.4 Å². The number of anilines is 1. The Kier molecular flexibility index (Phi) is 6.17. The second-order valence-electron chi connectivity index (χ2n) is 10.9. The van der Waals surface area contributed by atoms with Crippen molar-refractivity contribution >= 4 is 35.2 Å². The number of amides is 5. The number of carbonyl (C=O) groups excluding carboxylic acids is 4. The second kappa shape index (κ2) is 9.71. The van der Waals surface area contributed by atoms with Gasteiger partial charge in [-0.1, -0.05) is 38.1 Å². The van der Waals surface area contributed by atoms with E-state index in [-0.39, 0.29) is 36.8 Å². The van der Waals surface area contributed by atoms with Crippen molar-refractivity contribution in [3.63, 3.8) is 0 Å².